The van der Waals surface area contributed by atoms with Crippen LogP contribution in [0.3, 0.4) is 0 Å². The van der Waals surface area contributed by atoms with E-state index in [2.05, 4.69) is 0 Å². The highest BCUT2D eigenvalue weighted by atomic mass is 32.2. The fraction of sp³-hybridized carbons (Fsp3) is 0.312. The predicted octanol–water partition coefficient (Wildman–Crippen LogP) is 4.16. The fourth-order valence-electron chi connectivity index (χ4n) is 2.16. The van der Waals surface area contributed by atoms with Gasteiger partial charge in [0.1, 0.15) is 4.32 Å². The SMILES string of the molecule is O=C(O)CCCCN1C(=O)/C(=C\c2ccc(C(F)(F)F)cc2)SC1=S. The molecule has 1 aliphatic heterocycles. The molecule has 25 heavy (non-hydrogen) atoms. The number of amides is 1. The van der Waals surface area contributed by atoms with E-state index in [-0.39, 0.29) is 12.3 Å². The van der Waals surface area contributed by atoms with E-state index in [0.29, 0.717) is 34.2 Å². The number of thiocarbonyl (C=S) groups is 1. The average Bonchev–Trinajstić information content (AvgIpc) is 2.78. The second-order valence-corrected chi connectivity index (χ2v) is 6.98. The molecule has 0 aromatic heterocycles. The van der Waals surface area contributed by atoms with E-state index in [1.54, 1.807) is 0 Å². The van der Waals surface area contributed by atoms with Gasteiger partial charge in [-0.25, -0.2) is 0 Å². The van der Waals surface area contributed by atoms with Gasteiger partial charge in [0, 0.05) is 13.0 Å². The van der Waals surface area contributed by atoms with E-state index in [1.165, 1.54) is 23.1 Å². The number of hydrogen-bond donors (Lipinski definition) is 1. The molecule has 134 valence electrons. The van der Waals surface area contributed by atoms with Crippen molar-refractivity contribution in [2.75, 3.05) is 6.54 Å². The van der Waals surface area contributed by atoms with Crippen LogP contribution >= 0.6 is 24.0 Å². The summed E-state index contributed by atoms with van der Waals surface area (Å²) >= 11 is 6.22. The van der Waals surface area contributed by atoms with Crippen molar-refractivity contribution in [1.29, 1.82) is 0 Å². The smallest absolute Gasteiger partial charge is 0.416 e. The fourth-order valence-corrected chi connectivity index (χ4v) is 3.47. The number of thioether (sulfide) groups is 1. The molecule has 1 aromatic rings. The van der Waals surface area contributed by atoms with E-state index >= 15 is 0 Å². The Labute approximate surface area is 151 Å². The van der Waals surface area contributed by atoms with Gasteiger partial charge in [0.05, 0.1) is 10.5 Å². The first-order valence-corrected chi connectivity index (χ1v) is 8.55. The third kappa shape index (κ3) is 5.30. The topological polar surface area (TPSA) is 57.6 Å². The van der Waals surface area contributed by atoms with Crippen molar-refractivity contribution in [1.82, 2.24) is 4.90 Å². The van der Waals surface area contributed by atoms with Crippen LogP contribution < -0.4 is 0 Å². The Balaban J connectivity index is 2.03. The molecule has 1 N–H and O–H groups in total. The van der Waals surface area contributed by atoms with Crippen LogP contribution in [0.5, 0.6) is 0 Å². The molecule has 1 heterocycles. The Hall–Kier alpha value is -1.87. The zero-order chi connectivity index (χ0) is 18.6. The van der Waals surface area contributed by atoms with Gasteiger partial charge in [0.2, 0.25) is 0 Å². The molecule has 4 nitrogen and oxygen atoms in total. The molecule has 1 amide bonds. The number of rotatable bonds is 6. The summed E-state index contributed by atoms with van der Waals surface area (Å²) < 4.78 is 38.0. The standard InChI is InChI=1S/C16H14F3NO3S2/c17-16(18,19)11-6-4-10(5-7-11)9-12-14(23)20(15(24)25-12)8-2-1-3-13(21)22/h4-7,9H,1-3,8H2,(H,21,22)/b12-9+. The number of carboxylic acids is 1. The maximum absolute atomic E-state index is 12.6. The van der Waals surface area contributed by atoms with E-state index < -0.39 is 17.7 Å². The number of carbonyl (C=O) groups is 2. The molecule has 9 heteroatoms. The third-order valence-corrected chi connectivity index (χ3v) is 4.81. The molecular weight excluding hydrogens is 375 g/mol. The van der Waals surface area contributed by atoms with Crippen LogP contribution in [0.15, 0.2) is 29.2 Å². The van der Waals surface area contributed by atoms with Crippen molar-refractivity contribution in [2.45, 2.75) is 25.4 Å². The molecule has 0 spiro atoms. The highest BCUT2D eigenvalue weighted by Crippen LogP contribution is 2.34. The molecule has 0 aliphatic carbocycles. The predicted molar refractivity (Wildman–Crippen MR) is 92.8 cm³/mol. The molecule has 0 bridgehead atoms. The highest BCUT2D eigenvalue weighted by Gasteiger charge is 2.32. The first-order valence-electron chi connectivity index (χ1n) is 7.33. The van der Waals surface area contributed by atoms with E-state index in [0.717, 1.165) is 23.9 Å². The summed E-state index contributed by atoms with van der Waals surface area (Å²) in [6.07, 6.45) is -1.94. The molecule has 0 radical (unpaired) electrons. The summed E-state index contributed by atoms with van der Waals surface area (Å²) in [7, 11) is 0. The van der Waals surface area contributed by atoms with Gasteiger partial charge < -0.3 is 5.11 Å². The second kappa shape index (κ2) is 8.01. The lowest BCUT2D eigenvalue weighted by Crippen LogP contribution is -2.29. The van der Waals surface area contributed by atoms with Crippen molar-refractivity contribution in [3.63, 3.8) is 0 Å². The Morgan fingerprint density at radius 1 is 1.24 bits per heavy atom. The number of carboxylic acid groups (broad SMARTS) is 1. The van der Waals surface area contributed by atoms with Crippen molar-refractivity contribution in [3.05, 3.63) is 40.3 Å². The van der Waals surface area contributed by atoms with Crippen molar-refractivity contribution in [2.24, 2.45) is 0 Å². The zero-order valence-corrected chi connectivity index (χ0v) is 14.5. The summed E-state index contributed by atoms with van der Waals surface area (Å²) in [6, 6.07) is 4.50. The van der Waals surface area contributed by atoms with Gasteiger partial charge in [0.15, 0.2) is 0 Å². The lowest BCUT2D eigenvalue weighted by molar-refractivity contribution is -0.138. The van der Waals surface area contributed by atoms with Crippen LogP contribution in [-0.4, -0.2) is 32.7 Å². The van der Waals surface area contributed by atoms with E-state index in [9.17, 15) is 22.8 Å². The second-order valence-electron chi connectivity index (χ2n) is 5.30. The molecule has 0 unspecified atom stereocenters. The summed E-state index contributed by atoms with van der Waals surface area (Å²) in [5, 5.41) is 8.60. The molecular formula is C16H14F3NO3S2. The molecule has 0 atom stereocenters. The Kier molecular flexibility index (Phi) is 6.23. The summed E-state index contributed by atoms with van der Waals surface area (Å²) in [5.41, 5.74) is -0.282. The third-order valence-electron chi connectivity index (χ3n) is 3.43. The highest BCUT2D eigenvalue weighted by molar-refractivity contribution is 8.26. The number of alkyl halides is 3. The largest absolute Gasteiger partial charge is 0.481 e. The Morgan fingerprint density at radius 2 is 1.88 bits per heavy atom. The Morgan fingerprint density at radius 3 is 2.44 bits per heavy atom. The van der Waals surface area contributed by atoms with Crippen LogP contribution in [0.4, 0.5) is 13.2 Å². The minimum atomic E-state index is -4.40. The van der Waals surface area contributed by atoms with E-state index in [4.69, 9.17) is 17.3 Å². The van der Waals surface area contributed by atoms with Gasteiger partial charge in [-0.1, -0.05) is 36.1 Å². The number of nitrogens with zero attached hydrogens (tertiary/aromatic N) is 1. The molecule has 1 aromatic carbocycles. The van der Waals surface area contributed by atoms with Crippen LogP contribution in [0.2, 0.25) is 0 Å². The number of carbonyl (C=O) groups excluding carboxylic acids is 1. The van der Waals surface area contributed by atoms with Crippen LogP contribution in [0.1, 0.15) is 30.4 Å². The van der Waals surface area contributed by atoms with E-state index in [1.807, 2.05) is 0 Å². The quantitative estimate of drug-likeness (QED) is 0.450. The lowest BCUT2D eigenvalue weighted by Gasteiger charge is -2.13. The molecule has 0 saturated carbocycles. The van der Waals surface area contributed by atoms with Crippen LogP contribution in [0.25, 0.3) is 6.08 Å². The van der Waals surface area contributed by atoms with Crippen molar-refractivity contribution in [3.8, 4) is 0 Å². The molecule has 1 aliphatic rings. The van der Waals surface area contributed by atoms with Crippen molar-refractivity contribution >= 4 is 46.3 Å². The minimum absolute atomic E-state index is 0.0240. The summed E-state index contributed by atoms with van der Waals surface area (Å²) in [4.78, 5) is 24.5. The number of halogens is 3. The molecule has 2 rings (SSSR count). The van der Waals surface area contributed by atoms with Gasteiger partial charge in [-0.15, -0.1) is 0 Å². The zero-order valence-electron chi connectivity index (χ0n) is 12.9. The monoisotopic (exact) mass is 389 g/mol. The van der Waals surface area contributed by atoms with Gasteiger partial charge in [-0.3, -0.25) is 14.5 Å². The number of hydrogen-bond acceptors (Lipinski definition) is 4. The maximum atomic E-state index is 12.6. The maximum Gasteiger partial charge on any atom is 0.416 e. The first-order chi connectivity index (χ1) is 11.7. The van der Waals surface area contributed by atoms with Crippen LogP contribution in [0, 0.1) is 0 Å². The molecule has 1 fully saturated rings. The van der Waals surface area contributed by atoms with Gasteiger partial charge in [-0.2, -0.15) is 13.2 Å². The van der Waals surface area contributed by atoms with Crippen LogP contribution in [-0.2, 0) is 15.8 Å². The lowest BCUT2D eigenvalue weighted by atomic mass is 10.1. The summed E-state index contributed by atoms with van der Waals surface area (Å²) in [5.74, 6) is -1.21. The van der Waals surface area contributed by atoms with Gasteiger partial charge >= 0.3 is 12.1 Å². The molecule has 1 saturated heterocycles. The van der Waals surface area contributed by atoms with Crippen molar-refractivity contribution < 1.29 is 27.9 Å². The van der Waals surface area contributed by atoms with Gasteiger partial charge in [-0.05, 0) is 36.6 Å². The average molecular weight is 389 g/mol. The number of unbranched alkanes of at least 4 members (excludes halogenated alkanes) is 1. The minimum Gasteiger partial charge on any atom is -0.481 e. The normalized spacial score (nSPS) is 16.8. The first kappa shape index (κ1) is 19.5. The van der Waals surface area contributed by atoms with Gasteiger partial charge in [0.25, 0.3) is 5.91 Å². The summed E-state index contributed by atoms with van der Waals surface area (Å²) in [6.45, 7) is 0.322. The number of aliphatic carboxylic acids is 1. The number of benzene rings is 1. The Bertz CT molecular complexity index is 714.